The molecule has 0 aliphatic heterocycles. The Morgan fingerprint density at radius 2 is 1.72 bits per heavy atom. The van der Waals surface area contributed by atoms with Crippen molar-refractivity contribution >= 4 is 16.7 Å². The zero-order valence-electron chi connectivity index (χ0n) is 10.8. The van der Waals surface area contributed by atoms with Gasteiger partial charge in [0.15, 0.2) is 0 Å². The lowest BCUT2D eigenvalue weighted by molar-refractivity contribution is -0.129. The molecule has 0 radical (unpaired) electrons. The number of carbonyl (C=O) groups is 1. The van der Waals surface area contributed by atoms with E-state index >= 15 is 0 Å². The number of phenolic OH excluding ortho intramolecular Hbond substituents is 1. The molecular formula is C15H17NO2. The highest BCUT2D eigenvalue weighted by Gasteiger charge is 2.16. The first kappa shape index (κ1) is 12.4. The molecular weight excluding hydrogens is 226 g/mol. The minimum atomic E-state index is -0.154. The quantitative estimate of drug-likeness (QED) is 0.881. The Bertz CT molecular complexity index is 590. The van der Waals surface area contributed by atoms with E-state index in [-0.39, 0.29) is 17.6 Å². The fourth-order valence-corrected chi connectivity index (χ4v) is 2.05. The summed E-state index contributed by atoms with van der Waals surface area (Å²) in [5, 5.41) is 11.4. The van der Waals surface area contributed by atoms with Gasteiger partial charge in [0, 0.05) is 14.1 Å². The summed E-state index contributed by atoms with van der Waals surface area (Å²) in [4.78, 5) is 13.5. The Morgan fingerprint density at radius 1 is 1.11 bits per heavy atom. The van der Waals surface area contributed by atoms with E-state index in [0.717, 1.165) is 16.3 Å². The molecule has 1 unspecified atom stereocenters. The summed E-state index contributed by atoms with van der Waals surface area (Å²) >= 11 is 0. The van der Waals surface area contributed by atoms with Gasteiger partial charge in [-0.05, 0) is 35.4 Å². The molecule has 0 heterocycles. The van der Waals surface area contributed by atoms with E-state index in [1.807, 2.05) is 31.2 Å². The Labute approximate surface area is 107 Å². The number of benzene rings is 2. The van der Waals surface area contributed by atoms with Crippen LogP contribution in [0.5, 0.6) is 5.75 Å². The van der Waals surface area contributed by atoms with Crippen LogP contribution in [0.1, 0.15) is 18.4 Å². The van der Waals surface area contributed by atoms with Gasteiger partial charge in [-0.1, -0.05) is 24.3 Å². The minimum absolute atomic E-state index is 0.0909. The Balaban J connectivity index is 2.41. The van der Waals surface area contributed by atoms with E-state index in [9.17, 15) is 9.90 Å². The van der Waals surface area contributed by atoms with Crippen molar-refractivity contribution in [3.05, 3.63) is 42.0 Å². The molecule has 0 aliphatic carbocycles. The molecule has 0 spiro atoms. The molecule has 0 saturated carbocycles. The number of likely N-dealkylation sites (N-methyl/N-ethyl adjacent to an activating group) is 1. The molecule has 1 amide bonds. The van der Waals surface area contributed by atoms with Crippen LogP contribution in [0.4, 0.5) is 0 Å². The Morgan fingerprint density at radius 3 is 2.39 bits per heavy atom. The van der Waals surface area contributed by atoms with Gasteiger partial charge in [0.25, 0.3) is 0 Å². The smallest absolute Gasteiger partial charge is 0.229 e. The van der Waals surface area contributed by atoms with Crippen molar-refractivity contribution in [2.24, 2.45) is 0 Å². The van der Waals surface area contributed by atoms with Crippen LogP contribution in [0.2, 0.25) is 0 Å². The highest BCUT2D eigenvalue weighted by atomic mass is 16.3. The first-order chi connectivity index (χ1) is 8.49. The van der Waals surface area contributed by atoms with Crippen LogP contribution in [-0.2, 0) is 4.79 Å². The third-order valence-electron chi connectivity index (χ3n) is 3.16. The maximum absolute atomic E-state index is 11.9. The van der Waals surface area contributed by atoms with Gasteiger partial charge in [0.05, 0.1) is 5.92 Å². The predicted octanol–water partition coefficient (Wildman–Crippen LogP) is 2.74. The van der Waals surface area contributed by atoms with Crippen molar-refractivity contribution in [3.63, 3.8) is 0 Å². The van der Waals surface area contributed by atoms with Crippen LogP contribution in [0.15, 0.2) is 36.4 Å². The maximum Gasteiger partial charge on any atom is 0.229 e. The van der Waals surface area contributed by atoms with Crippen LogP contribution in [0.3, 0.4) is 0 Å². The number of amides is 1. The van der Waals surface area contributed by atoms with Crippen LogP contribution >= 0.6 is 0 Å². The van der Waals surface area contributed by atoms with Crippen molar-refractivity contribution in [1.82, 2.24) is 4.90 Å². The van der Waals surface area contributed by atoms with Crippen LogP contribution in [-0.4, -0.2) is 30.0 Å². The molecule has 2 rings (SSSR count). The van der Waals surface area contributed by atoms with Crippen LogP contribution in [0.25, 0.3) is 10.8 Å². The lowest BCUT2D eigenvalue weighted by Gasteiger charge is -2.17. The van der Waals surface area contributed by atoms with E-state index in [4.69, 9.17) is 0 Å². The monoisotopic (exact) mass is 243 g/mol. The molecule has 0 saturated heterocycles. The number of aromatic hydroxyl groups is 1. The number of nitrogens with zero attached hydrogens (tertiary/aromatic N) is 1. The molecule has 3 nitrogen and oxygen atoms in total. The maximum atomic E-state index is 11.9. The van der Waals surface area contributed by atoms with Gasteiger partial charge in [-0.2, -0.15) is 0 Å². The lowest BCUT2D eigenvalue weighted by atomic mass is 9.97. The molecule has 0 aromatic heterocycles. The second-order valence-corrected chi connectivity index (χ2v) is 4.75. The summed E-state index contributed by atoms with van der Waals surface area (Å²) in [6.45, 7) is 1.91. The van der Waals surface area contributed by atoms with Crippen molar-refractivity contribution in [2.75, 3.05) is 14.1 Å². The number of fused-ring (bicyclic) bond motifs is 1. The molecule has 94 valence electrons. The van der Waals surface area contributed by atoms with E-state index in [0.29, 0.717) is 0 Å². The molecule has 0 aliphatic rings. The van der Waals surface area contributed by atoms with Gasteiger partial charge in [-0.15, -0.1) is 0 Å². The SMILES string of the molecule is CC(C(=O)N(C)C)c1ccc2cc(O)ccc2c1. The van der Waals surface area contributed by atoms with Gasteiger partial charge in [-0.3, -0.25) is 4.79 Å². The predicted molar refractivity (Wildman–Crippen MR) is 72.7 cm³/mol. The Hall–Kier alpha value is -2.03. The van der Waals surface area contributed by atoms with Crippen molar-refractivity contribution < 1.29 is 9.90 Å². The topological polar surface area (TPSA) is 40.5 Å². The average molecular weight is 243 g/mol. The number of phenols is 1. The zero-order chi connectivity index (χ0) is 13.3. The van der Waals surface area contributed by atoms with E-state index in [1.165, 1.54) is 0 Å². The van der Waals surface area contributed by atoms with Crippen LogP contribution in [0, 0.1) is 0 Å². The van der Waals surface area contributed by atoms with Gasteiger partial charge in [0.1, 0.15) is 5.75 Å². The summed E-state index contributed by atoms with van der Waals surface area (Å²) in [7, 11) is 3.52. The average Bonchev–Trinajstić information content (AvgIpc) is 2.36. The lowest BCUT2D eigenvalue weighted by Crippen LogP contribution is -2.26. The van der Waals surface area contributed by atoms with E-state index < -0.39 is 0 Å². The minimum Gasteiger partial charge on any atom is -0.508 e. The van der Waals surface area contributed by atoms with Gasteiger partial charge >= 0.3 is 0 Å². The van der Waals surface area contributed by atoms with Crippen molar-refractivity contribution in [1.29, 1.82) is 0 Å². The van der Waals surface area contributed by atoms with Gasteiger partial charge in [-0.25, -0.2) is 0 Å². The molecule has 3 heteroatoms. The molecule has 18 heavy (non-hydrogen) atoms. The molecule has 0 bridgehead atoms. The summed E-state index contributed by atoms with van der Waals surface area (Å²) < 4.78 is 0. The number of rotatable bonds is 2. The van der Waals surface area contributed by atoms with E-state index in [2.05, 4.69) is 0 Å². The number of hydrogen-bond donors (Lipinski definition) is 1. The van der Waals surface area contributed by atoms with Crippen molar-refractivity contribution in [3.8, 4) is 5.75 Å². The van der Waals surface area contributed by atoms with E-state index in [1.54, 1.807) is 31.1 Å². The standard InChI is InChI=1S/C15H17NO2/c1-10(15(18)16(2)3)11-4-5-13-9-14(17)7-6-12(13)8-11/h4-10,17H,1-3H3. The normalized spacial score (nSPS) is 12.4. The highest BCUT2D eigenvalue weighted by Crippen LogP contribution is 2.25. The summed E-state index contributed by atoms with van der Waals surface area (Å²) in [6, 6.07) is 11.1. The first-order valence-electron chi connectivity index (χ1n) is 5.93. The zero-order valence-corrected chi connectivity index (χ0v) is 10.8. The summed E-state index contributed by atoms with van der Waals surface area (Å²) in [6.07, 6.45) is 0. The van der Waals surface area contributed by atoms with Gasteiger partial charge in [0.2, 0.25) is 5.91 Å². The van der Waals surface area contributed by atoms with Gasteiger partial charge < -0.3 is 10.0 Å². The molecule has 2 aromatic carbocycles. The molecule has 1 atom stereocenters. The highest BCUT2D eigenvalue weighted by molar-refractivity contribution is 5.88. The summed E-state index contributed by atoms with van der Waals surface area (Å²) in [5.74, 6) is 0.194. The fraction of sp³-hybridized carbons (Fsp3) is 0.267. The fourth-order valence-electron chi connectivity index (χ4n) is 2.05. The summed E-state index contributed by atoms with van der Waals surface area (Å²) in [5.41, 5.74) is 0.992. The third kappa shape index (κ3) is 2.30. The third-order valence-corrected chi connectivity index (χ3v) is 3.16. The number of carbonyl (C=O) groups excluding carboxylic acids is 1. The second kappa shape index (κ2) is 4.69. The first-order valence-corrected chi connectivity index (χ1v) is 5.93. The molecule has 1 N–H and O–H groups in total. The van der Waals surface area contributed by atoms with Crippen molar-refractivity contribution in [2.45, 2.75) is 12.8 Å². The number of hydrogen-bond acceptors (Lipinski definition) is 2. The molecule has 0 fully saturated rings. The van der Waals surface area contributed by atoms with Crippen LogP contribution < -0.4 is 0 Å². The Kier molecular flexibility index (Phi) is 3.24. The second-order valence-electron chi connectivity index (χ2n) is 4.75. The largest absolute Gasteiger partial charge is 0.508 e. The molecule has 2 aromatic rings.